The first-order valence-corrected chi connectivity index (χ1v) is 5.31. The van der Waals surface area contributed by atoms with Crippen LogP contribution in [0.2, 0.25) is 0 Å². The summed E-state index contributed by atoms with van der Waals surface area (Å²) in [5.74, 6) is 0.914. The van der Waals surface area contributed by atoms with Crippen LogP contribution in [0.4, 0.5) is 0 Å². The molecule has 80 valence electrons. The van der Waals surface area contributed by atoms with E-state index < -0.39 is 0 Å². The van der Waals surface area contributed by atoms with Gasteiger partial charge in [0.15, 0.2) is 5.75 Å². The maximum atomic E-state index is 9.81. The van der Waals surface area contributed by atoms with E-state index in [1.807, 2.05) is 11.6 Å². The van der Waals surface area contributed by atoms with E-state index in [2.05, 4.69) is 25.9 Å². The summed E-state index contributed by atoms with van der Waals surface area (Å²) in [5, 5.41) is 14.2. The SMILES string of the molecule is CCCn1nc(CC(C)C)c(O)c1C. The molecule has 1 N–H and O–H groups in total. The zero-order valence-electron chi connectivity index (χ0n) is 9.54. The monoisotopic (exact) mass is 196 g/mol. The number of nitrogens with zero attached hydrogens (tertiary/aromatic N) is 2. The molecule has 14 heavy (non-hydrogen) atoms. The zero-order valence-corrected chi connectivity index (χ0v) is 9.54. The van der Waals surface area contributed by atoms with Gasteiger partial charge in [-0.15, -0.1) is 0 Å². The summed E-state index contributed by atoms with van der Waals surface area (Å²) in [6.07, 6.45) is 1.90. The van der Waals surface area contributed by atoms with Gasteiger partial charge in [-0.1, -0.05) is 20.8 Å². The van der Waals surface area contributed by atoms with Crippen molar-refractivity contribution in [2.75, 3.05) is 0 Å². The summed E-state index contributed by atoms with van der Waals surface area (Å²) in [6.45, 7) is 9.18. The molecule has 0 amide bonds. The molecule has 0 saturated heterocycles. The van der Waals surface area contributed by atoms with Gasteiger partial charge in [-0.25, -0.2) is 0 Å². The van der Waals surface area contributed by atoms with Crippen LogP contribution in [0.5, 0.6) is 5.75 Å². The molecule has 0 aliphatic rings. The highest BCUT2D eigenvalue weighted by atomic mass is 16.3. The van der Waals surface area contributed by atoms with Gasteiger partial charge in [-0.2, -0.15) is 5.10 Å². The Labute approximate surface area is 85.8 Å². The Balaban J connectivity index is 2.90. The average molecular weight is 196 g/mol. The topological polar surface area (TPSA) is 38.0 Å². The molecule has 3 nitrogen and oxygen atoms in total. The second kappa shape index (κ2) is 4.49. The van der Waals surface area contributed by atoms with E-state index in [9.17, 15) is 5.11 Å². The fourth-order valence-electron chi connectivity index (χ4n) is 1.55. The molecule has 3 heteroatoms. The third kappa shape index (κ3) is 2.28. The zero-order chi connectivity index (χ0) is 10.7. The lowest BCUT2D eigenvalue weighted by Crippen LogP contribution is -2.02. The highest BCUT2D eigenvalue weighted by Crippen LogP contribution is 2.23. The molecule has 0 radical (unpaired) electrons. The lowest BCUT2D eigenvalue weighted by Gasteiger charge is -2.00. The second-order valence-corrected chi connectivity index (χ2v) is 4.20. The highest BCUT2D eigenvalue weighted by molar-refractivity contribution is 5.31. The average Bonchev–Trinajstić information content (AvgIpc) is 2.34. The number of hydrogen-bond donors (Lipinski definition) is 1. The van der Waals surface area contributed by atoms with Crippen molar-refractivity contribution in [1.29, 1.82) is 0 Å². The van der Waals surface area contributed by atoms with E-state index in [0.717, 1.165) is 30.8 Å². The molecule has 1 heterocycles. The van der Waals surface area contributed by atoms with Crippen molar-refractivity contribution in [3.05, 3.63) is 11.4 Å². The predicted molar refractivity (Wildman–Crippen MR) is 57.5 cm³/mol. The Morgan fingerprint density at radius 1 is 1.43 bits per heavy atom. The van der Waals surface area contributed by atoms with Gasteiger partial charge in [0, 0.05) is 6.54 Å². The van der Waals surface area contributed by atoms with Crippen LogP contribution in [0, 0.1) is 12.8 Å². The van der Waals surface area contributed by atoms with Gasteiger partial charge in [0.1, 0.15) is 5.69 Å². The first-order chi connectivity index (χ1) is 6.56. The summed E-state index contributed by atoms with van der Waals surface area (Å²) in [4.78, 5) is 0. The highest BCUT2D eigenvalue weighted by Gasteiger charge is 2.13. The van der Waals surface area contributed by atoms with Gasteiger partial charge in [0.2, 0.25) is 0 Å². The summed E-state index contributed by atoms with van der Waals surface area (Å²) in [5.41, 5.74) is 1.73. The Morgan fingerprint density at radius 3 is 2.57 bits per heavy atom. The van der Waals surface area contributed by atoms with Gasteiger partial charge >= 0.3 is 0 Å². The number of aryl methyl sites for hydroxylation is 1. The van der Waals surface area contributed by atoms with Gasteiger partial charge in [-0.3, -0.25) is 4.68 Å². The van der Waals surface area contributed by atoms with Crippen molar-refractivity contribution in [2.45, 2.75) is 47.1 Å². The van der Waals surface area contributed by atoms with Crippen LogP contribution in [0.25, 0.3) is 0 Å². The largest absolute Gasteiger partial charge is 0.504 e. The quantitative estimate of drug-likeness (QED) is 0.803. The van der Waals surface area contributed by atoms with E-state index in [4.69, 9.17) is 0 Å². The molecule has 0 fully saturated rings. The van der Waals surface area contributed by atoms with Crippen molar-refractivity contribution >= 4 is 0 Å². The molecule has 0 atom stereocenters. The fraction of sp³-hybridized carbons (Fsp3) is 0.727. The molecule has 0 aliphatic carbocycles. The molecule has 1 aromatic heterocycles. The van der Waals surface area contributed by atoms with Crippen LogP contribution in [0.15, 0.2) is 0 Å². The summed E-state index contributed by atoms with van der Waals surface area (Å²) >= 11 is 0. The third-order valence-corrected chi connectivity index (χ3v) is 2.28. The Morgan fingerprint density at radius 2 is 2.07 bits per heavy atom. The van der Waals surface area contributed by atoms with Crippen molar-refractivity contribution in [3.63, 3.8) is 0 Å². The first-order valence-electron chi connectivity index (χ1n) is 5.31. The molecule has 0 unspecified atom stereocenters. The van der Waals surface area contributed by atoms with E-state index in [-0.39, 0.29) is 0 Å². The Hall–Kier alpha value is -0.990. The minimum Gasteiger partial charge on any atom is -0.504 e. The summed E-state index contributed by atoms with van der Waals surface area (Å²) in [6, 6.07) is 0. The summed E-state index contributed by atoms with van der Waals surface area (Å²) < 4.78 is 1.90. The van der Waals surface area contributed by atoms with Crippen molar-refractivity contribution in [1.82, 2.24) is 9.78 Å². The van der Waals surface area contributed by atoms with Crippen LogP contribution in [-0.2, 0) is 13.0 Å². The molecular formula is C11H20N2O. The molecule has 0 spiro atoms. The molecule has 1 aromatic rings. The maximum absolute atomic E-state index is 9.81. The molecule has 0 bridgehead atoms. The van der Waals surface area contributed by atoms with E-state index in [0.29, 0.717) is 11.7 Å². The van der Waals surface area contributed by atoms with E-state index in [1.54, 1.807) is 0 Å². The molecule has 0 aliphatic heterocycles. The Bertz CT molecular complexity index is 302. The summed E-state index contributed by atoms with van der Waals surface area (Å²) in [7, 11) is 0. The smallest absolute Gasteiger partial charge is 0.159 e. The second-order valence-electron chi connectivity index (χ2n) is 4.20. The minimum atomic E-state index is 0.382. The van der Waals surface area contributed by atoms with Gasteiger partial charge < -0.3 is 5.11 Å². The van der Waals surface area contributed by atoms with Crippen molar-refractivity contribution in [2.24, 2.45) is 5.92 Å². The van der Waals surface area contributed by atoms with Gasteiger partial charge in [0.05, 0.1) is 5.69 Å². The predicted octanol–water partition coefficient (Wildman–Crippen LogP) is 2.51. The number of hydrogen-bond acceptors (Lipinski definition) is 2. The number of rotatable bonds is 4. The van der Waals surface area contributed by atoms with Crippen LogP contribution in [0.1, 0.15) is 38.6 Å². The Kier molecular flexibility index (Phi) is 3.55. The normalized spacial score (nSPS) is 11.2. The van der Waals surface area contributed by atoms with Gasteiger partial charge in [0.25, 0.3) is 0 Å². The number of aromatic nitrogens is 2. The number of aromatic hydroxyl groups is 1. The van der Waals surface area contributed by atoms with Crippen LogP contribution >= 0.6 is 0 Å². The third-order valence-electron chi connectivity index (χ3n) is 2.28. The van der Waals surface area contributed by atoms with Crippen molar-refractivity contribution in [3.8, 4) is 5.75 Å². The van der Waals surface area contributed by atoms with E-state index in [1.165, 1.54) is 0 Å². The standard InChI is InChI=1S/C11H20N2O/c1-5-6-13-9(4)11(14)10(12-13)7-8(2)3/h8,14H,5-7H2,1-4H3. The van der Waals surface area contributed by atoms with E-state index >= 15 is 0 Å². The molecule has 1 rings (SSSR count). The molecular weight excluding hydrogens is 176 g/mol. The first kappa shape index (κ1) is 11.1. The lowest BCUT2D eigenvalue weighted by atomic mass is 10.1. The molecule has 0 saturated carbocycles. The minimum absolute atomic E-state index is 0.382. The maximum Gasteiger partial charge on any atom is 0.159 e. The lowest BCUT2D eigenvalue weighted by molar-refractivity contribution is 0.457. The fourth-order valence-corrected chi connectivity index (χ4v) is 1.55. The van der Waals surface area contributed by atoms with Gasteiger partial charge in [-0.05, 0) is 25.7 Å². The van der Waals surface area contributed by atoms with Crippen molar-refractivity contribution < 1.29 is 5.11 Å². The van der Waals surface area contributed by atoms with Crippen LogP contribution in [-0.4, -0.2) is 14.9 Å². The van der Waals surface area contributed by atoms with Crippen LogP contribution in [0.3, 0.4) is 0 Å². The molecule has 0 aromatic carbocycles. The van der Waals surface area contributed by atoms with Crippen LogP contribution < -0.4 is 0 Å².